The first-order chi connectivity index (χ1) is 10.6. The fourth-order valence-corrected chi connectivity index (χ4v) is 3.30. The maximum Gasteiger partial charge on any atom is 0.130 e. The van der Waals surface area contributed by atoms with Crippen molar-refractivity contribution in [2.75, 3.05) is 32.7 Å². The Morgan fingerprint density at radius 2 is 1.95 bits per heavy atom. The van der Waals surface area contributed by atoms with E-state index in [2.05, 4.69) is 23.6 Å². The highest BCUT2D eigenvalue weighted by Gasteiger charge is 2.31. The Labute approximate surface area is 132 Å². The lowest BCUT2D eigenvalue weighted by atomic mass is 10.0. The Hall–Kier alpha value is -1.04. The molecule has 3 nitrogen and oxygen atoms in total. The predicted molar refractivity (Wildman–Crippen MR) is 85.6 cm³/mol. The summed E-state index contributed by atoms with van der Waals surface area (Å²) >= 11 is 0. The van der Waals surface area contributed by atoms with Gasteiger partial charge in [0.25, 0.3) is 0 Å². The maximum absolute atomic E-state index is 13.9. The molecule has 0 amide bonds. The van der Waals surface area contributed by atoms with Gasteiger partial charge < -0.3 is 10.6 Å². The first-order valence-electron chi connectivity index (χ1n) is 8.24. The topological polar surface area (TPSA) is 32.5 Å². The van der Waals surface area contributed by atoms with Gasteiger partial charge in [-0.05, 0) is 50.7 Å². The summed E-state index contributed by atoms with van der Waals surface area (Å²) in [7, 11) is 0. The first kappa shape index (κ1) is 17.3. The van der Waals surface area contributed by atoms with E-state index in [4.69, 9.17) is 5.73 Å². The lowest BCUT2D eigenvalue weighted by molar-refractivity contribution is 0.207. The largest absolute Gasteiger partial charge is 0.329 e. The Kier molecular flexibility index (Phi) is 6.29. The molecule has 5 heteroatoms. The Balaban J connectivity index is 1.92. The summed E-state index contributed by atoms with van der Waals surface area (Å²) in [6, 6.07) is 2.34. The van der Waals surface area contributed by atoms with Crippen molar-refractivity contribution in [2.24, 2.45) is 5.73 Å². The maximum atomic E-state index is 13.9. The zero-order valence-corrected chi connectivity index (χ0v) is 13.6. The molecule has 1 unspecified atom stereocenters. The molecule has 1 aromatic rings. The van der Waals surface area contributed by atoms with Crippen LogP contribution in [0.25, 0.3) is 0 Å². The molecule has 0 aliphatic carbocycles. The lowest BCUT2D eigenvalue weighted by Gasteiger charge is -2.24. The second-order valence-corrected chi connectivity index (χ2v) is 5.91. The number of rotatable bonds is 8. The van der Waals surface area contributed by atoms with E-state index < -0.39 is 11.6 Å². The van der Waals surface area contributed by atoms with E-state index in [0.29, 0.717) is 18.7 Å². The number of nitrogens with zero attached hydrogens (tertiary/aromatic N) is 2. The highest BCUT2D eigenvalue weighted by atomic mass is 19.1. The monoisotopic (exact) mass is 311 g/mol. The minimum atomic E-state index is -0.516. The van der Waals surface area contributed by atoms with E-state index in [0.717, 1.165) is 50.7 Å². The molecule has 0 radical (unpaired) electrons. The van der Waals surface area contributed by atoms with Crippen molar-refractivity contribution in [1.82, 2.24) is 9.80 Å². The van der Waals surface area contributed by atoms with E-state index >= 15 is 0 Å². The molecule has 2 rings (SSSR count). The highest BCUT2D eigenvalue weighted by molar-refractivity contribution is 5.36. The molecule has 0 bridgehead atoms. The molecule has 0 spiro atoms. The van der Waals surface area contributed by atoms with Crippen molar-refractivity contribution < 1.29 is 8.78 Å². The van der Waals surface area contributed by atoms with Crippen LogP contribution in [0.3, 0.4) is 0 Å². The van der Waals surface area contributed by atoms with Gasteiger partial charge in [0.2, 0.25) is 0 Å². The van der Waals surface area contributed by atoms with Gasteiger partial charge in [-0.25, -0.2) is 8.78 Å². The average molecular weight is 311 g/mol. The molecule has 1 atom stereocenters. The molecule has 0 saturated heterocycles. The van der Waals surface area contributed by atoms with Crippen LogP contribution >= 0.6 is 0 Å². The fraction of sp³-hybridized carbons (Fsp3) is 0.647. The SMILES string of the molecule is CCN(CC)CCCCN1Cc2c(F)cc(F)cc2C1CN. The van der Waals surface area contributed by atoms with Crippen LogP contribution in [0.15, 0.2) is 12.1 Å². The van der Waals surface area contributed by atoms with Crippen LogP contribution in [0.5, 0.6) is 0 Å². The number of halogens is 2. The van der Waals surface area contributed by atoms with Crippen molar-refractivity contribution >= 4 is 0 Å². The van der Waals surface area contributed by atoms with Crippen LogP contribution in [0.1, 0.15) is 43.9 Å². The summed E-state index contributed by atoms with van der Waals surface area (Å²) in [4.78, 5) is 4.57. The molecule has 1 aliphatic heterocycles. The number of nitrogens with two attached hydrogens (primary N) is 1. The number of hydrogen-bond acceptors (Lipinski definition) is 3. The predicted octanol–water partition coefficient (Wildman–Crippen LogP) is 2.90. The minimum absolute atomic E-state index is 0.0614. The molecular weight excluding hydrogens is 284 g/mol. The Bertz CT molecular complexity index is 489. The highest BCUT2D eigenvalue weighted by Crippen LogP contribution is 2.35. The first-order valence-corrected chi connectivity index (χ1v) is 8.24. The van der Waals surface area contributed by atoms with Gasteiger partial charge in [0.05, 0.1) is 0 Å². The Morgan fingerprint density at radius 3 is 2.59 bits per heavy atom. The number of unbranched alkanes of at least 4 members (excludes halogenated alkanes) is 1. The van der Waals surface area contributed by atoms with E-state index in [1.165, 1.54) is 6.07 Å². The van der Waals surface area contributed by atoms with Crippen molar-refractivity contribution in [1.29, 1.82) is 0 Å². The van der Waals surface area contributed by atoms with Gasteiger partial charge in [0.15, 0.2) is 0 Å². The minimum Gasteiger partial charge on any atom is -0.329 e. The third-order valence-electron chi connectivity index (χ3n) is 4.64. The lowest BCUT2D eigenvalue weighted by Crippen LogP contribution is -2.30. The summed E-state index contributed by atoms with van der Waals surface area (Å²) in [6.07, 6.45) is 2.16. The number of benzene rings is 1. The van der Waals surface area contributed by atoms with E-state index in [1.807, 2.05) is 0 Å². The summed E-state index contributed by atoms with van der Waals surface area (Å²) in [6.45, 7) is 9.37. The van der Waals surface area contributed by atoms with Crippen molar-refractivity contribution in [3.63, 3.8) is 0 Å². The van der Waals surface area contributed by atoms with Crippen LogP contribution in [0.4, 0.5) is 8.78 Å². The van der Waals surface area contributed by atoms with E-state index in [-0.39, 0.29) is 6.04 Å². The summed E-state index contributed by atoms with van der Waals surface area (Å²) in [5.41, 5.74) is 7.18. The Morgan fingerprint density at radius 1 is 1.23 bits per heavy atom. The van der Waals surface area contributed by atoms with Gasteiger partial charge in [0.1, 0.15) is 11.6 Å². The molecule has 1 aliphatic rings. The van der Waals surface area contributed by atoms with Gasteiger partial charge in [-0.3, -0.25) is 4.90 Å². The van der Waals surface area contributed by atoms with Gasteiger partial charge in [-0.1, -0.05) is 13.8 Å². The van der Waals surface area contributed by atoms with E-state index in [1.54, 1.807) is 0 Å². The smallest absolute Gasteiger partial charge is 0.130 e. The quantitative estimate of drug-likeness (QED) is 0.749. The van der Waals surface area contributed by atoms with Crippen LogP contribution in [-0.2, 0) is 6.54 Å². The molecular formula is C17H27F2N3. The van der Waals surface area contributed by atoms with Gasteiger partial charge in [-0.15, -0.1) is 0 Å². The number of fused-ring (bicyclic) bond motifs is 1. The van der Waals surface area contributed by atoms with Crippen molar-refractivity contribution in [3.8, 4) is 0 Å². The third kappa shape index (κ3) is 3.83. The zero-order valence-electron chi connectivity index (χ0n) is 13.6. The molecule has 1 aromatic carbocycles. The summed E-state index contributed by atoms with van der Waals surface area (Å²) < 4.78 is 27.3. The average Bonchev–Trinajstić information content (AvgIpc) is 2.85. The van der Waals surface area contributed by atoms with Crippen molar-refractivity contribution in [3.05, 3.63) is 34.9 Å². The second-order valence-electron chi connectivity index (χ2n) is 5.91. The normalized spacial score (nSPS) is 18.2. The fourth-order valence-electron chi connectivity index (χ4n) is 3.30. The second kappa shape index (κ2) is 7.99. The van der Waals surface area contributed by atoms with Crippen LogP contribution < -0.4 is 5.73 Å². The van der Waals surface area contributed by atoms with E-state index in [9.17, 15) is 8.78 Å². The zero-order chi connectivity index (χ0) is 16.1. The van der Waals surface area contributed by atoms with Crippen LogP contribution in [0.2, 0.25) is 0 Å². The summed E-state index contributed by atoms with van der Waals surface area (Å²) in [5, 5.41) is 0. The van der Waals surface area contributed by atoms with Gasteiger partial charge >= 0.3 is 0 Å². The third-order valence-corrected chi connectivity index (χ3v) is 4.64. The van der Waals surface area contributed by atoms with Gasteiger partial charge in [-0.2, -0.15) is 0 Å². The van der Waals surface area contributed by atoms with Crippen LogP contribution in [0, 0.1) is 11.6 Å². The molecule has 2 N–H and O–H groups in total. The molecule has 0 aromatic heterocycles. The van der Waals surface area contributed by atoms with Gasteiger partial charge in [0, 0.05) is 30.8 Å². The molecule has 0 fully saturated rings. The van der Waals surface area contributed by atoms with Crippen LogP contribution in [-0.4, -0.2) is 42.5 Å². The summed E-state index contributed by atoms with van der Waals surface area (Å²) in [5.74, 6) is -0.961. The number of hydrogen-bond donors (Lipinski definition) is 1. The molecule has 1 heterocycles. The van der Waals surface area contributed by atoms with Crippen molar-refractivity contribution in [2.45, 2.75) is 39.3 Å². The molecule has 0 saturated carbocycles. The standard InChI is InChI=1S/C17H27F2N3/c1-3-21(4-2)7-5-6-8-22-12-15-14(17(22)11-20)9-13(18)10-16(15)19/h9-10,17H,3-8,11-12,20H2,1-2H3. The molecule has 22 heavy (non-hydrogen) atoms. The molecule has 124 valence electrons.